The van der Waals surface area contributed by atoms with Crippen LogP contribution in [0.2, 0.25) is 0 Å². The average molecular weight is 437 g/mol. The van der Waals surface area contributed by atoms with Crippen LogP contribution in [0.3, 0.4) is 0 Å². The zero-order chi connectivity index (χ0) is 22.5. The Morgan fingerprint density at radius 2 is 1.69 bits per heavy atom. The summed E-state index contributed by atoms with van der Waals surface area (Å²) < 4.78 is 20.0. The molecule has 32 heavy (non-hydrogen) atoms. The van der Waals surface area contributed by atoms with E-state index < -0.39 is 0 Å². The van der Waals surface area contributed by atoms with Crippen LogP contribution in [0.5, 0.6) is 5.75 Å². The number of nitrogens with zero attached hydrogens (tertiary/aromatic N) is 3. The van der Waals surface area contributed by atoms with E-state index in [0.717, 1.165) is 0 Å². The predicted octanol–water partition coefficient (Wildman–Crippen LogP) is 4.15. The normalized spacial score (nSPS) is 14.1. The average Bonchev–Trinajstić information content (AvgIpc) is 3.28. The molecule has 9 heteroatoms. The number of piperidine rings is 1. The van der Waals surface area contributed by atoms with Crippen LogP contribution in [-0.4, -0.2) is 46.8 Å². The Kier molecular flexibility index (Phi) is 6.34. The molecule has 0 bridgehead atoms. The van der Waals surface area contributed by atoms with Crippen molar-refractivity contribution in [1.29, 1.82) is 0 Å². The summed E-state index contributed by atoms with van der Waals surface area (Å²) in [7, 11) is 1.57. The molecule has 3 amide bonds. The summed E-state index contributed by atoms with van der Waals surface area (Å²) in [6.45, 7) is 1.09. The number of methoxy groups -OCH3 is 1. The summed E-state index contributed by atoms with van der Waals surface area (Å²) in [5, 5.41) is 10.1. The molecule has 1 saturated heterocycles. The molecule has 1 aliphatic heterocycles. The van der Waals surface area contributed by atoms with Gasteiger partial charge in [0, 0.05) is 30.4 Å². The second-order valence-electron chi connectivity index (χ2n) is 7.50. The molecule has 0 aliphatic carbocycles. The molecule has 0 atom stereocenters. The number of ether oxygens (including phenoxy) is 1. The van der Waals surface area contributed by atoms with E-state index >= 15 is 0 Å². The zero-order valence-electron chi connectivity index (χ0n) is 17.6. The fraction of sp³-hybridized carbons (Fsp3) is 0.261. The lowest BCUT2D eigenvalue weighted by Gasteiger charge is -2.32. The molecule has 2 aromatic carbocycles. The van der Waals surface area contributed by atoms with Crippen LogP contribution < -0.4 is 15.4 Å². The van der Waals surface area contributed by atoms with Gasteiger partial charge in [-0.05, 0) is 61.4 Å². The first-order valence-electron chi connectivity index (χ1n) is 10.3. The predicted molar refractivity (Wildman–Crippen MR) is 118 cm³/mol. The molecule has 0 saturated carbocycles. The smallest absolute Gasteiger partial charge is 0.321 e. The van der Waals surface area contributed by atoms with Gasteiger partial charge in [-0.1, -0.05) is 0 Å². The van der Waals surface area contributed by atoms with Crippen molar-refractivity contribution in [2.45, 2.75) is 18.9 Å². The number of carbonyl (C=O) groups is 2. The maximum Gasteiger partial charge on any atom is 0.321 e. The fourth-order valence-corrected chi connectivity index (χ4v) is 3.68. The van der Waals surface area contributed by atoms with Crippen LogP contribution in [0.25, 0.3) is 0 Å². The number of benzene rings is 2. The molecule has 1 aromatic heterocycles. The molecule has 0 radical (unpaired) electrons. The van der Waals surface area contributed by atoms with Gasteiger partial charge in [0.15, 0.2) is 0 Å². The van der Waals surface area contributed by atoms with Crippen molar-refractivity contribution in [3.63, 3.8) is 0 Å². The van der Waals surface area contributed by atoms with Crippen molar-refractivity contribution in [3.05, 3.63) is 72.2 Å². The second kappa shape index (κ2) is 9.51. The topological polar surface area (TPSA) is 88.5 Å². The van der Waals surface area contributed by atoms with E-state index in [1.807, 2.05) is 0 Å². The van der Waals surface area contributed by atoms with Crippen molar-refractivity contribution in [2.24, 2.45) is 0 Å². The van der Waals surface area contributed by atoms with Crippen LogP contribution in [-0.2, 0) is 0 Å². The summed E-state index contributed by atoms with van der Waals surface area (Å²) in [4.78, 5) is 26.8. The molecule has 1 aliphatic rings. The third-order valence-electron chi connectivity index (χ3n) is 5.46. The Hall–Kier alpha value is -3.88. The van der Waals surface area contributed by atoms with Crippen molar-refractivity contribution in [2.75, 3.05) is 30.8 Å². The van der Waals surface area contributed by atoms with Crippen molar-refractivity contribution >= 4 is 23.4 Å². The Labute approximate surface area is 185 Å². The highest BCUT2D eigenvalue weighted by Crippen LogP contribution is 2.26. The third-order valence-corrected chi connectivity index (χ3v) is 5.46. The number of carbonyl (C=O) groups excluding carboxylic acids is 2. The highest BCUT2D eigenvalue weighted by molar-refractivity contribution is 6.03. The van der Waals surface area contributed by atoms with Gasteiger partial charge in [0.1, 0.15) is 17.4 Å². The molecular weight excluding hydrogens is 413 g/mol. The van der Waals surface area contributed by atoms with Gasteiger partial charge < -0.3 is 20.3 Å². The van der Waals surface area contributed by atoms with E-state index in [0.29, 0.717) is 48.7 Å². The molecular formula is C23H24FN5O3. The lowest BCUT2D eigenvalue weighted by Crippen LogP contribution is -2.41. The summed E-state index contributed by atoms with van der Waals surface area (Å²) >= 11 is 0. The Bertz CT molecular complexity index is 1070. The lowest BCUT2D eigenvalue weighted by molar-refractivity contribution is 0.102. The molecule has 166 valence electrons. The highest BCUT2D eigenvalue weighted by atomic mass is 19.1. The molecule has 2 heterocycles. The van der Waals surface area contributed by atoms with Crippen molar-refractivity contribution < 1.29 is 18.7 Å². The first kappa shape index (κ1) is 21.4. The van der Waals surface area contributed by atoms with Gasteiger partial charge >= 0.3 is 6.03 Å². The number of halogens is 1. The second-order valence-corrected chi connectivity index (χ2v) is 7.50. The minimum absolute atomic E-state index is 0.0611. The van der Waals surface area contributed by atoms with E-state index in [1.165, 1.54) is 24.3 Å². The molecule has 0 spiro atoms. The first-order chi connectivity index (χ1) is 15.5. The largest absolute Gasteiger partial charge is 0.497 e. The molecule has 8 nitrogen and oxygen atoms in total. The zero-order valence-corrected chi connectivity index (χ0v) is 17.6. The SMILES string of the molecule is COc1ccc(C(=O)Nc2ccnn2C2CCN(C(=O)Nc3ccc(F)cc3)CC2)cc1. The van der Waals surface area contributed by atoms with Crippen LogP contribution >= 0.6 is 0 Å². The monoisotopic (exact) mass is 437 g/mol. The summed E-state index contributed by atoms with van der Waals surface area (Å²) in [5.74, 6) is 0.713. The number of urea groups is 1. The van der Waals surface area contributed by atoms with Crippen LogP contribution in [0.4, 0.5) is 20.7 Å². The molecule has 2 N–H and O–H groups in total. The summed E-state index contributed by atoms with van der Waals surface area (Å²) in [6.07, 6.45) is 3.05. The van der Waals surface area contributed by atoms with Gasteiger partial charge in [0.2, 0.25) is 0 Å². The maximum absolute atomic E-state index is 13.0. The molecule has 4 rings (SSSR count). The maximum atomic E-state index is 13.0. The van der Waals surface area contributed by atoms with E-state index in [9.17, 15) is 14.0 Å². The van der Waals surface area contributed by atoms with Crippen LogP contribution in [0, 0.1) is 5.82 Å². The standard InChI is InChI=1S/C23H24FN5O3/c1-32-20-8-2-16(3-9-20)22(30)27-21-10-13-25-29(21)19-11-14-28(15-12-19)23(31)26-18-6-4-17(24)5-7-18/h2-10,13,19H,11-12,14-15H2,1H3,(H,26,31)(H,27,30). The number of hydrogen-bond acceptors (Lipinski definition) is 4. The number of hydrogen-bond donors (Lipinski definition) is 2. The number of anilines is 2. The van der Waals surface area contributed by atoms with E-state index in [1.54, 1.807) is 53.2 Å². The summed E-state index contributed by atoms with van der Waals surface area (Å²) in [5.41, 5.74) is 1.07. The minimum atomic E-state index is -0.349. The van der Waals surface area contributed by atoms with Gasteiger partial charge in [-0.2, -0.15) is 5.10 Å². The Morgan fingerprint density at radius 3 is 2.34 bits per heavy atom. The molecule has 1 fully saturated rings. The number of amides is 3. The van der Waals surface area contributed by atoms with Gasteiger partial charge in [0.25, 0.3) is 5.91 Å². The Morgan fingerprint density at radius 1 is 1.00 bits per heavy atom. The first-order valence-corrected chi connectivity index (χ1v) is 10.3. The fourth-order valence-electron chi connectivity index (χ4n) is 3.68. The Balaban J connectivity index is 1.34. The van der Waals surface area contributed by atoms with Gasteiger partial charge in [-0.3, -0.25) is 4.79 Å². The van der Waals surface area contributed by atoms with Crippen molar-refractivity contribution in [3.8, 4) is 5.75 Å². The molecule has 0 unspecified atom stereocenters. The van der Waals surface area contributed by atoms with E-state index in [4.69, 9.17) is 4.74 Å². The van der Waals surface area contributed by atoms with Gasteiger partial charge in [-0.25, -0.2) is 13.9 Å². The lowest BCUT2D eigenvalue weighted by atomic mass is 10.1. The number of nitrogens with one attached hydrogen (secondary N) is 2. The van der Waals surface area contributed by atoms with E-state index in [-0.39, 0.29) is 23.8 Å². The quantitative estimate of drug-likeness (QED) is 0.628. The van der Waals surface area contributed by atoms with Crippen LogP contribution in [0.1, 0.15) is 29.2 Å². The number of likely N-dealkylation sites (tertiary alicyclic amines) is 1. The number of rotatable bonds is 5. The van der Waals surface area contributed by atoms with E-state index in [2.05, 4.69) is 15.7 Å². The minimum Gasteiger partial charge on any atom is -0.497 e. The van der Waals surface area contributed by atoms with Gasteiger partial charge in [0.05, 0.1) is 19.3 Å². The van der Waals surface area contributed by atoms with Crippen LogP contribution in [0.15, 0.2) is 60.8 Å². The van der Waals surface area contributed by atoms with Gasteiger partial charge in [-0.15, -0.1) is 0 Å². The molecule has 3 aromatic rings. The highest BCUT2D eigenvalue weighted by Gasteiger charge is 2.26. The summed E-state index contributed by atoms with van der Waals surface area (Å²) in [6, 6.07) is 14.1. The van der Waals surface area contributed by atoms with Crippen molar-refractivity contribution in [1.82, 2.24) is 14.7 Å². The third kappa shape index (κ3) is 4.88. The number of aromatic nitrogens is 2.